The molecule has 2 amide bonds. The quantitative estimate of drug-likeness (QED) is 0.653. The normalized spacial score (nSPS) is 14.1. The van der Waals surface area contributed by atoms with Crippen LogP contribution in [0.3, 0.4) is 0 Å². The topological polar surface area (TPSA) is 56.7 Å². The Kier molecular flexibility index (Phi) is 5.33. The standard InChI is InChI=1S/C20H24N4O/c1-15-5-10-19(16(2)13-15)22-20(25)23-21-14-17-6-8-18(9-7-17)24-11-3-4-12-24/h5-10,13-14H,3-4,11-12H2,1-2H3,(H2,22,23,25)/b21-14-. The van der Waals surface area contributed by atoms with Gasteiger partial charge in [0.05, 0.1) is 6.21 Å². The van der Waals surface area contributed by atoms with E-state index in [1.807, 2.05) is 44.2 Å². The van der Waals surface area contributed by atoms with E-state index in [2.05, 4.69) is 32.9 Å². The Balaban J connectivity index is 1.52. The third-order valence-corrected chi connectivity index (χ3v) is 4.37. The van der Waals surface area contributed by atoms with E-state index in [4.69, 9.17) is 0 Å². The van der Waals surface area contributed by atoms with Crippen LogP contribution in [0.4, 0.5) is 16.2 Å². The molecule has 0 atom stereocenters. The Hall–Kier alpha value is -2.82. The minimum absolute atomic E-state index is 0.350. The van der Waals surface area contributed by atoms with E-state index in [9.17, 15) is 4.79 Å². The van der Waals surface area contributed by atoms with Crippen molar-refractivity contribution in [2.75, 3.05) is 23.3 Å². The van der Waals surface area contributed by atoms with Gasteiger partial charge in [0.1, 0.15) is 0 Å². The van der Waals surface area contributed by atoms with Crippen molar-refractivity contribution in [3.63, 3.8) is 0 Å². The van der Waals surface area contributed by atoms with E-state index in [1.165, 1.54) is 24.1 Å². The summed E-state index contributed by atoms with van der Waals surface area (Å²) in [6.07, 6.45) is 4.18. The highest BCUT2D eigenvalue weighted by Gasteiger charge is 2.11. The third-order valence-electron chi connectivity index (χ3n) is 4.37. The molecule has 1 saturated heterocycles. The summed E-state index contributed by atoms with van der Waals surface area (Å²) in [5, 5.41) is 6.81. The molecule has 0 spiro atoms. The molecule has 3 rings (SSSR count). The van der Waals surface area contributed by atoms with Gasteiger partial charge in [-0.3, -0.25) is 0 Å². The number of rotatable bonds is 4. The maximum Gasteiger partial charge on any atom is 0.339 e. The number of aryl methyl sites for hydroxylation is 2. The number of hydrogen-bond acceptors (Lipinski definition) is 3. The zero-order valence-electron chi connectivity index (χ0n) is 14.7. The van der Waals surface area contributed by atoms with Gasteiger partial charge in [-0.1, -0.05) is 29.8 Å². The molecule has 2 aromatic carbocycles. The Morgan fingerprint density at radius 1 is 1.08 bits per heavy atom. The van der Waals surface area contributed by atoms with Crippen LogP contribution in [0, 0.1) is 13.8 Å². The molecule has 5 nitrogen and oxygen atoms in total. The third kappa shape index (κ3) is 4.59. The first-order valence-electron chi connectivity index (χ1n) is 8.64. The van der Waals surface area contributed by atoms with E-state index in [-0.39, 0.29) is 6.03 Å². The van der Waals surface area contributed by atoms with Crippen molar-refractivity contribution in [3.05, 3.63) is 59.2 Å². The Bertz CT molecular complexity index is 762. The highest BCUT2D eigenvalue weighted by atomic mass is 16.2. The van der Waals surface area contributed by atoms with Gasteiger partial charge in [0, 0.05) is 24.5 Å². The Morgan fingerprint density at radius 3 is 2.48 bits per heavy atom. The van der Waals surface area contributed by atoms with E-state index >= 15 is 0 Å². The van der Waals surface area contributed by atoms with E-state index < -0.39 is 0 Å². The van der Waals surface area contributed by atoms with Gasteiger partial charge < -0.3 is 10.2 Å². The Labute approximate surface area is 148 Å². The van der Waals surface area contributed by atoms with Crippen LogP contribution in [0.2, 0.25) is 0 Å². The molecule has 0 aromatic heterocycles. The van der Waals surface area contributed by atoms with Crippen LogP contribution in [0.5, 0.6) is 0 Å². The summed E-state index contributed by atoms with van der Waals surface area (Å²) in [6, 6.07) is 13.8. The monoisotopic (exact) mass is 336 g/mol. The first-order valence-corrected chi connectivity index (χ1v) is 8.64. The lowest BCUT2D eigenvalue weighted by atomic mass is 10.1. The molecular formula is C20H24N4O. The fourth-order valence-electron chi connectivity index (χ4n) is 3.02. The second kappa shape index (κ2) is 7.83. The van der Waals surface area contributed by atoms with Crippen molar-refractivity contribution in [1.29, 1.82) is 0 Å². The minimum Gasteiger partial charge on any atom is -0.372 e. The number of hydrazone groups is 1. The first kappa shape index (κ1) is 17.0. The van der Waals surface area contributed by atoms with Crippen LogP contribution in [0.25, 0.3) is 0 Å². The van der Waals surface area contributed by atoms with E-state index in [1.54, 1.807) is 6.21 Å². The summed E-state index contributed by atoms with van der Waals surface area (Å²) in [6.45, 7) is 6.26. The van der Waals surface area contributed by atoms with Gasteiger partial charge in [0.25, 0.3) is 0 Å². The lowest BCUT2D eigenvalue weighted by Crippen LogP contribution is -2.24. The molecule has 1 aliphatic heterocycles. The van der Waals surface area contributed by atoms with Gasteiger partial charge in [-0.15, -0.1) is 0 Å². The van der Waals surface area contributed by atoms with Crippen LogP contribution in [0.1, 0.15) is 29.5 Å². The molecule has 25 heavy (non-hydrogen) atoms. The molecule has 0 radical (unpaired) electrons. The molecule has 0 bridgehead atoms. The molecule has 0 saturated carbocycles. The highest BCUT2D eigenvalue weighted by molar-refractivity contribution is 5.91. The predicted octanol–water partition coefficient (Wildman–Crippen LogP) is 4.06. The molecule has 130 valence electrons. The summed E-state index contributed by atoms with van der Waals surface area (Å²) in [5.74, 6) is 0. The van der Waals surface area contributed by atoms with Crippen LogP contribution >= 0.6 is 0 Å². The molecule has 1 aliphatic rings. The molecule has 0 aliphatic carbocycles. The van der Waals surface area contributed by atoms with Crippen molar-refractivity contribution in [1.82, 2.24) is 5.43 Å². The van der Waals surface area contributed by atoms with Crippen molar-refractivity contribution in [3.8, 4) is 0 Å². The van der Waals surface area contributed by atoms with Crippen molar-refractivity contribution in [2.24, 2.45) is 5.10 Å². The summed E-state index contributed by atoms with van der Waals surface area (Å²) >= 11 is 0. The zero-order chi connectivity index (χ0) is 17.6. The number of carbonyl (C=O) groups excluding carboxylic acids is 1. The largest absolute Gasteiger partial charge is 0.372 e. The van der Waals surface area contributed by atoms with Crippen molar-refractivity contribution >= 4 is 23.6 Å². The average Bonchev–Trinajstić information content (AvgIpc) is 3.13. The Morgan fingerprint density at radius 2 is 1.80 bits per heavy atom. The summed E-state index contributed by atoms with van der Waals surface area (Å²) in [5.41, 5.74) is 7.67. The van der Waals surface area contributed by atoms with Crippen LogP contribution < -0.4 is 15.6 Å². The number of amides is 2. The van der Waals surface area contributed by atoms with Gasteiger partial charge in [-0.05, 0) is 56.0 Å². The lowest BCUT2D eigenvalue weighted by molar-refractivity contribution is 0.252. The number of anilines is 2. The summed E-state index contributed by atoms with van der Waals surface area (Å²) in [4.78, 5) is 14.3. The van der Waals surface area contributed by atoms with E-state index in [0.29, 0.717) is 0 Å². The minimum atomic E-state index is -0.350. The molecular weight excluding hydrogens is 312 g/mol. The van der Waals surface area contributed by atoms with Gasteiger partial charge in [0.2, 0.25) is 0 Å². The van der Waals surface area contributed by atoms with Crippen molar-refractivity contribution < 1.29 is 4.79 Å². The van der Waals surface area contributed by atoms with Crippen LogP contribution in [0.15, 0.2) is 47.6 Å². The fraction of sp³-hybridized carbons (Fsp3) is 0.300. The fourth-order valence-corrected chi connectivity index (χ4v) is 3.02. The second-order valence-electron chi connectivity index (χ2n) is 6.43. The first-order chi connectivity index (χ1) is 12.1. The molecule has 5 heteroatoms. The number of hydrogen-bond donors (Lipinski definition) is 2. The number of carbonyl (C=O) groups is 1. The maximum absolute atomic E-state index is 11.9. The highest BCUT2D eigenvalue weighted by Crippen LogP contribution is 2.20. The number of nitrogens with one attached hydrogen (secondary N) is 2. The molecule has 1 heterocycles. The van der Waals surface area contributed by atoms with Crippen LogP contribution in [-0.2, 0) is 0 Å². The van der Waals surface area contributed by atoms with Gasteiger partial charge >= 0.3 is 6.03 Å². The number of nitrogens with zero attached hydrogens (tertiary/aromatic N) is 2. The van der Waals surface area contributed by atoms with Gasteiger partial charge in [-0.2, -0.15) is 5.10 Å². The SMILES string of the molecule is Cc1ccc(NC(=O)N/N=C\c2ccc(N3CCCC3)cc2)c(C)c1. The number of benzene rings is 2. The maximum atomic E-state index is 11.9. The van der Waals surface area contributed by atoms with Gasteiger partial charge in [-0.25, -0.2) is 10.2 Å². The molecule has 1 fully saturated rings. The van der Waals surface area contributed by atoms with Crippen LogP contribution in [-0.4, -0.2) is 25.3 Å². The molecule has 0 unspecified atom stereocenters. The van der Waals surface area contributed by atoms with Gasteiger partial charge in [0.15, 0.2) is 0 Å². The zero-order valence-corrected chi connectivity index (χ0v) is 14.7. The average molecular weight is 336 g/mol. The second-order valence-corrected chi connectivity index (χ2v) is 6.43. The predicted molar refractivity (Wildman–Crippen MR) is 104 cm³/mol. The van der Waals surface area contributed by atoms with E-state index in [0.717, 1.165) is 29.9 Å². The molecule has 2 aromatic rings. The number of urea groups is 1. The van der Waals surface area contributed by atoms with Crippen molar-refractivity contribution in [2.45, 2.75) is 26.7 Å². The smallest absolute Gasteiger partial charge is 0.339 e. The lowest BCUT2D eigenvalue weighted by Gasteiger charge is -2.17. The summed E-state index contributed by atoms with van der Waals surface area (Å²) < 4.78 is 0. The summed E-state index contributed by atoms with van der Waals surface area (Å²) in [7, 11) is 0. The molecule has 2 N–H and O–H groups in total.